The van der Waals surface area contributed by atoms with Crippen LogP contribution in [0.3, 0.4) is 0 Å². The van der Waals surface area contributed by atoms with Crippen molar-refractivity contribution in [1.29, 1.82) is 0 Å². The average molecular weight is 556 g/mol. The number of aliphatic hydroxyl groups is 3. The summed E-state index contributed by atoms with van der Waals surface area (Å²) in [6.07, 6.45) is -4.67. The van der Waals surface area contributed by atoms with E-state index >= 15 is 0 Å². The Labute approximate surface area is 220 Å². The Kier molecular flexibility index (Phi) is 6.94. The Hall–Kier alpha value is -3.62. The van der Waals surface area contributed by atoms with Crippen molar-refractivity contribution < 1.29 is 52.7 Å². The third-order valence-electron chi connectivity index (χ3n) is 7.59. The van der Waals surface area contributed by atoms with E-state index in [0.29, 0.717) is 0 Å². The lowest BCUT2D eigenvalue weighted by molar-refractivity contribution is -0.153. The Balaban J connectivity index is 1.88. The van der Waals surface area contributed by atoms with Crippen molar-refractivity contribution in [3.05, 3.63) is 39.7 Å². The molecular weight excluding hydrogens is 527 g/mol. The highest BCUT2D eigenvalue weighted by Gasteiger charge is 2.64. The van der Waals surface area contributed by atoms with Gasteiger partial charge in [0.05, 0.1) is 25.3 Å². The molecule has 0 heterocycles. The maximum absolute atomic E-state index is 13.8. The number of likely N-dealkylation sites (N-methyl/N-ethyl adjacent to an activating group) is 1. The molecule has 212 valence electrons. The zero-order valence-corrected chi connectivity index (χ0v) is 21.2. The maximum Gasteiger partial charge on any atom is 0.401 e. The molecule has 3 aliphatic carbocycles. The fourth-order valence-electron chi connectivity index (χ4n) is 6.08. The molecule has 1 aromatic carbocycles. The van der Waals surface area contributed by atoms with Gasteiger partial charge < -0.3 is 36.2 Å². The van der Waals surface area contributed by atoms with E-state index in [1.54, 1.807) is 0 Å². The van der Waals surface area contributed by atoms with Crippen molar-refractivity contribution in [3.63, 3.8) is 0 Å². The molecule has 0 radical (unpaired) electrons. The number of Topliss-reactive ketones (excluding diaryl/α,β-unsaturated/α-hetero) is 2. The number of carbonyl (C=O) groups is 3. The van der Waals surface area contributed by atoms with Crippen molar-refractivity contribution in [1.82, 2.24) is 10.2 Å². The first-order valence-electron chi connectivity index (χ1n) is 11.9. The highest BCUT2D eigenvalue weighted by Crippen LogP contribution is 2.54. The molecule has 1 aromatic rings. The number of fused-ring (bicyclic) bond motifs is 3. The summed E-state index contributed by atoms with van der Waals surface area (Å²) in [5.41, 5.74) is 1.41. The molecule has 0 unspecified atom stereocenters. The van der Waals surface area contributed by atoms with Gasteiger partial charge in [0, 0.05) is 29.2 Å². The highest BCUT2D eigenvalue weighted by molar-refractivity contribution is 6.24. The maximum atomic E-state index is 13.8. The fraction of sp³-hybridized carbons (Fsp3) is 0.480. The SMILES string of the molecule is COc1c(CNCC(F)(F)F)cc(O)c2c1C[C@H]1C[C@H]3[C@H](N(C)C)C(=O)C(C(N)=O)=C(O)[C@@]3(O)C(=O)C1=C2O. The number of nitrogens with two attached hydrogens (primary N) is 1. The molecule has 0 bridgehead atoms. The number of nitrogens with zero attached hydrogens (tertiary/aromatic N) is 1. The van der Waals surface area contributed by atoms with Gasteiger partial charge in [-0.2, -0.15) is 13.2 Å². The van der Waals surface area contributed by atoms with Crippen LogP contribution in [0.4, 0.5) is 13.2 Å². The van der Waals surface area contributed by atoms with Gasteiger partial charge in [-0.25, -0.2) is 0 Å². The predicted octanol–water partition coefficient (Wildman–Crippen LogP) is 0.625. The number of phenols is 1. The molecule has 0 aliphatic heterocycles. The Morgan fingerprint density at radius 2 is 1.90 bits per heavy atom. The molecule has 0 spiro atoms. The first-order chi connectivity index (χ1) is 18.1. The van der Waals surface area contributed by atoms with Crippen LogP contribution in [0.25, 0.3) is 5.76 Å². The van der Waals surface area contributed by atoms with Crippen molar-refractivity contribution in [2.45, 2.75) is 37.2 Å². The third-order valence-corrected chi connectivity index (χ3v) is 7.59. The molecule has 4 rings (SSSR count). The summed E-state index contributed by atoms with van der Waals surface area (Å²) in [4.78, 5) is 40.3. The normalized spacial score (nSPS) is 26.9. The van der Waals surface area contributed by atoms with E-state index in [9.17, 15) is 48.0 Å². The van der Waals surface area contributed by atoms with Crippen LogP contribution in [0.2, 0.25) is 0 Å². The average Bonchev–Trinajstić information content (AvgIpc) is 2.80. The van der Waals surface area contributed by atoms with Crippen LogP contribution in [-0.2, 0) is 27.3 Å². The van der Waals surface area contributed by atoms with Gasteiger partial charge in [-0.3, -0.25) is 19.3 Å². The summed E-state index contributed by atoms with van der Waals surface area (Å²) in [5.74, 6) is -7.89. The van der Waals surface area contributed by atoms with Gasteiger partial charge in [-0.15, -0.1) is 0 Å². The van der Waals surface area contributed by atoms with E-state index in [4.69, 9.17) is 10.5 Å². The van der Waals surface area contributed by atoms with Crippen molar-refractivity contribution >= 4 is 23.2 Å². The van der Waals surface area contributed by atoms with Crippen molar-refractivity contribution in [2.75, 3.05) is 27.7 Å². The summed E-state index contributed by atoms with van der Waals surface area (Å²) in [6.45, 7) is -1.64. The number of halogens is 3. The van der Waals surface area contributed by atoms with E-state index in [2.05, 4.69) is 5.32 Å². The molecule has 11 nitrogen and oxygen atoms in total. The number of hydrogen-bond acceptors (Lipinski definition) is 10. The summed E-state index contributed by atoms with van der Waals surface area (Å²) in [5, 5.41) is 46.6. The summed E-state index contributed by atoms with van der Waals surface area (Å²) in [6, 6.07) is -0.150. The quantitative estimate of drug-likeness (QED) is 0.272. The number of carbonyl (C=O) groups excluding carboxylic acids is 3. The molecule has 0 aromatic heterocycles. The zero-order chi connectivity index (χ0) is 29.2. The summed E-state index contributed by atoms with van der Waals surface area (Å²) >= 11 is 0. The molecule has 1 fully saturated rings. The van der Waals surface area contributed by atoms with Gasteiger partial charge in [-0.05, 0) is 38.9 Å². The minimum Gasteiger partial charge on any atom is -0.508 e. The molecule has 3 aliphatic rings. The van der Waals surface area contributed by atoms with E-state index in [1.807, 2.05) is 0 Å². The smallest absolute Gasteiger partial charge is 0.401 e. The van der Waals surface area contributed by atoms with Gasteiger partial charge in [0.25, 0.3) is 5.91 Å². The highest BCUT2D eigenvalue weighted by atomic mass is 19.4. The van der Waals surface area contributed by atoms with Gasteiger partial charge >= 0.3 is 6.18 Å². The second-order valence-corrected chi connectivity index (χ2v) is 10.1. The van der Waals surface area contributed by atoms with Crippen LogP contribution in [0.5, 0.6) is 11.5 Å². The Bertz CT molecular complexity index is 1340. The standard InChI is InChI=1S/C25H28F3N3O8/c1-31(2)17-12-5-9-4-11-15(13(32)6-10(20(11)39-3)7-30-8-24(26,27)28)18(33)14(9)21(35)25(12,38)22(36)16(19(17)34)23(29)37/h6,9,12,17,30,32-33,36,38H,4-5,7-8H2,1-3H3,(H2,29,37)/t9-,12-,17-,25-/m0/s1. The van der Waals surface area contributed by atoms with E-state index in [1.165, 1.54) is 26.1 Å². The minimum atomic E-state index is -4.48. The summed E-state index contributed by atoms with van der Waals surface area (Å²) < 4.78 is 43.3. The zero-order valence-electron chi connectivity index (χ0n) is 21.2. The first-order valence-corrected chi connectivity index (χ1v) is 11.9. The molecule has 14 heteroatoms. The fourth-order valence-corrected chi connectivity index (χ4v) is 6.08. The van der Waals surface area contributed by atoms with Crippen LogP contribution in [-0.4, -0.2) is 88.4 Å². The van der Waals surface area contributed by atoms with Crippen LogP contribution < -0.4 is 15.8 Å². The Morgan fingerprint density at radius 1 is 1.26 bits per heavy atom. The monoisotopic (exact) mass is 555 g/mol. The predicted molar refractivity (Wildman–Crippen MR) is 129 cm³/mol. The molecule has 4 atom stereocenters. The number of phenolic OH excluding ortho intramolecular Hbond substituents is 1. The number of methoxy groups -OCH3 is 1. The number of ether oxygens (including phenoxy) is 1. The second-order valence-electron chi connectivity index (χ2n) is 10.1. The van der Waals surface area contributed by atoms with Crippen LogP contribution >= 0.6 is 0 Å². The van der Waals surface area contributed by atoms with Crippen LogP contribution in [0, 0.1) is 11.8 Å². The van der Waals surface area contributed by atoms with E-state index < -0.39 is 76.5 Å². The molecule has 39 heavy (non-hydrogen) atoms. The molecule has 0 saturated heterocycles. The lowest BCUT2D eigenvalue weighted by Crippen LogP contribution is -2.65. The molecule has 1 saturated carbocycles. The largest absolute Gasteiger partial charge is 0.508 e. The number of aliphatic hydroxyl groups excluding tert-OH is 2. The number of aromatic hydroxyl groups is 1. The number of ketones is 2. The number of amides is 1. The van der Waals surface area contributed by atoms with Crippen molar-refractivity contribution in [3.8, 4) is 11.5 Å². The van der Waals surface area contributed by atoms with Crippen LogP contribution in [0.15, 0.2) is 23.0 Å². The van der Waals surface area contributed by atoms with Gasteiger partial charge in [0.15, 0.2) is 11.4 Å². The van der Waals surface area contributed by atoms with E-state index in [-0.39, 0.29) is 47.4 Å². The lowest BCUT2D eigenvalue weighted by Gasteiger charge is -2.50. The number of benzene rings is 1. The van der Waals surface area contributed by atoms with Crippen LogP contribution in [0.1, 0.15) is 23.1 Å². The number of alkyl halides is 3. The molecular formula is C25H28F3N3O8. The second kappa shape index (κ2) is 9.54. The number of rotatable bonds is 6. The Morgan fingerprint density at radius 3 is 2.44 bits per heavy atom. The number of nitrogens with one attached hydrogen (secondary N) is 1. The summed E-state index contributed by atoms with van der Waals surface area (Å²) in [7, 11) is 4.22. The third kappa shape index (κ3) is 4.32. The topological polar surface area (TPSA) is 183 Å². The van der Waals surface area contributed by atoms with E-state index in [0.717, 1.165) is 6.07 Å². The van der Waals surface area contributed by atoms with Crippen molar-refractivity contribution in [2.24, 2.45) is 17.6 Å². The van der Waals surface area contributed by atoms with Gasteiger partial charge in [0.2, 0.25) is 5.78 Å². The minimum absolute atomic E-state index is 0.0572. The lowest BCUT2D eigenvalue weighted by atomic mass is 9.57. The van der Waals surface area contributed by atoms with Gasteiger partial charge in [0.1, 0.15) is 28.6 Å². The molecule has 7 N–H and O–H groups in total. The number of primary amides is 1. The first kappa shape index (κ1) is 28.4. The molecule has 1 amide bonds. The van der Waals surface area contributed by atoms with Gasteiger partial charge in [-0.1, -0.05) is 0 Å². The number of hydrogen-bond donors (Lipinski definition) is 6.